The summed E-state index contributed by atoms with van der Waals surface area (Å²) in [6.45, 7) is 0.523. The van der Waals surface area contributed by atoms with E-state index in [0.717, 1.165) is 11.3 Å². The van der Waals surface area contributed by atoms with Crippen molar-refractivity contribution in [1.82, 2.24) is 14.2 Å². The van der Waals surface area contributed by atoms with E-state index in [1.54, 1.807) is 6.20 Å². The Kier molecular flexibility index (Phi) is 2.79. The molecule has 0 saturated heterocycles. The van der Waals surface area contributed by atoms with E-state index in [-0.39, 0.29) is 5.69 Å². The molecule has 0 radical (unpaired) electrons. The highest BCUT2D eigenvalue weighted by Crippen LogP contribution is 2.11. The van der Waals surface area contributed by atoms with Gasteiger partial charge in [-0.05, 0) is 30.2 Å². The van der Waals surface area contributed by atoms with Gasteiger partial charge in [-0.15, -0.1) is 5.10 Å². The fraction of sp³-hybridized carbons (Fsp3) is 0.143. The fourth-order valence-corrected chi connectivity index (χ4v) is 2.10. The summed E-state index contributed by atoms with van der Waals surface area (Å²) in [6.07, 6.45) is 2.41. The van der Waals surface area contributed by atoms with Crippen molar-refractivity contribution < 1.29 is 0 Å². The summed E-state index contributed by atoms with van der Waals surface area (Å²) in [4.78, 5) is 12.1. The van der Waals surface area contributed by atoms with Gasteiger partial charge in [0.05, 0.1) is 6.54 Å². The van der Waals surface area contributed by atoms with Crippen LogP contribution in [0.2, 0.25) is 0 Å². The normalized spacial score (nSPS) is 10.9. The van der Waals surface area contributed by atoms with Crippen molar-refractivity contribution in [2.75, 3.05) is 5.73 Å². The number of hydrogen-bond donors (Lipinski definition) is 1. The molecule has 0 bridgehead atoms. The second-order valence-corrected chi connectivity index (χ2v) is 4.38. The van der Waals surface area contributed by atoms with Crippen LogP contribution < -0.4 is 11.4 Å². The summed E-state index contributed by atoms with van der Waals surface area (Å²) < 4.78 is 3.01. The minimum atomic E-state index is -0.120. The van der Waals surface area contributed by atoms with E-state index < -0.39 is 0 Å². The van der Waals surface area contributed by atoms with Gasteiger partial charge in [0.25, 0.3) is 0 Å². The van der Waals surface area contributed by atoms with E-state index in [2.05, 4.69) is 5.10 Å². The Morgan fingerprint density at radius 2 is 1.89 bits per heavy atom. The molecule has 3 rings (SSSR count). The Morgan fingerprint density at radius 1 is 1.11 bits per heavy atom. The monoisotopic (exact) mass is 254 g/mol. The molecule has 1 aromatic carbocycles. The number of nitrogens with two attached hydrogens (primary N) is 1. The van der Waals surface area contributed by atoms with Crippen LogP contribution in [0.25, 0.3) is 5.65 Å². The summed E-state index contributed by atoms with van der Waals surface area (Å²) in [6, 6.07) is 13.2. The van der Waals surface area contributed by atoms with E-state index in [1.807, 2.05) is 42.5 Å². The van der Waals surface area contributed by atoms with Gasteiger partial charge >= 0.3 is 5.69 Å². The third-order valence-corrected chi connectivity index (χ3v) is 3.14. The predicted molar refractivity (Wildman–Crippen MR) is 74.0 cm³/mol. The Bertz CT molecular complexity index is 772. The third kappa shape index (κ3) is 2.10. The molecular formula is C14H14N4O. The summed E-state index contributed by atoms with van der Waals surface area (Å²) in [5.74, 6) is 0. The molecule has 2 heterocycles. The number of anilines is 1. The third-order valence-electron chi connectivity index (χ3n) is 3.14. The molecule has 3 aromatic rings. The average molecular weight is 254 g/mol. The lowest BCUT2D eigenvalue weighted by molar-refractivity contribution is 0.593. The van der Waals surface area contributed by atoms with Gasteiger partial charge in [-0.3, -0.25) is 4.40 Å². The number of hydrogen-bond acceptors (Lipinski definition) is 3. The smallest absolute Gasteiger partial charge is 0.350 e. The molecule has 0 aliphatic carbocycles. The molecule has 0 aliphatic heterocycles. The van der Waals surface area contributed by atoms with Crippen molar-refractivity contribution in [3.8, 4) is 0 Å². The predicted octanol–water partition coefficient (Wildman–Crippen LogP) is 1.32. The second-order valence-electron chi connectivity index (χ2n) is 4.38. The van der Waals surface area contributed by atoms with E-state index in [9.17, 15) is 4.79 Å². The van der Waals surface area contributed by atoms with Crippen LogP contribution in [0.5, 0.6) is 0 Å². The first-order valence-corrected chi connectivity index (χ1v) is 6.13. The summed E-state index contributed by atoms with van der Waals surface area (Å²) in [7, 11) is 0. The van der Waals surface area contributed by atoms with Gasteiger partial charge in [0.1, 0.15) is 0 Å². The van der Waals surface area contributed by atoms with Gasteiger partial charge in [0.2, 0.25) is 0 Å². The highest BCUT2D eigenvalue weighted by Gasteiger charge is 2.06. The maximum absolute atomic E-state index is 12.1. The molecular weight excluding hydrogens is 240 g/mol. The number of fused-ring (bicyclic) bond motifs is 1. The number of aromatic nitrogens is 3. The highest BCUT2D eigenvalue weighted by molar-refractivity contribution is 5.46. The van der Waals surface area contributed by atoms with Crippen molar-refractivity contribution in [3.63, 3.8) is 0 Å². The van der Waals surface area contributed by atoms with Gasteiger partial charge in [-0.1, -0.05) is 24.3 Å². The number of benzene rings is 1. The van der Waals surface area contributed by atoms with Gasteiger partial charge in [-0.25, -0.2) is 9.48 Å². The molecule has 96 valence electrons. The number of aryl methyl sites for hydroxylation is 2. The molecule has 0 saturated carbocycles. The molecule has 0 atom stereocenters. The molecule has 5 nitrogen and oxygen atoms in total. The molecule has 0 fully saturated rings. The lowest BCUT2D eigenvalue weighted by Gasteiger charge is -2.04. The molecule has 19 heavy (non-hydrogen) atoms. The lowest BCUT2D eigenvalue weighted by Crippen LogP contribution is -2.22. The van der Waals surface area contributed by atoms with E-state index >= 15 is 0 Å². The Hall–Kier alpha value is -2.56. The largest absolute Gasteiger partial charge is 0.399 e. The summed E-state index contributed by atoms with van der Waals surface area (Å²) in [5, 5.41) is 4.28. The molecule has 0 amide bonds. The van der Waals surface area contributed by atoms with Crippen LogP contribution in [0.15, 0.2) is 53.5 Å². The van der Waals surface area contributed by atoms with Crippen LogP contribution in [0.4, 0.5) is 5.69 Å². The average Bonchev–Trinajstić information content (AvgIpc) is 2.75. The zero-order valence-corrected chi connectivity index (χ0v) is 10.4. The van der Waals surface area contributed by atoms with Crippen LogP contribution in [-0.2, 0) is 13.0 Å². The van der Waals surface area contributed by atoms with Crippen molar-refractivity contribution >= 4 is 11.3 Å². The Balaban J connectivity index is 1.88. The highest BCUT2D eigenvalue weighted by atomic mass is 16.2. The Morgan fingerprint density at radius 3 is 2.68 bits per heavy atom. The van der Waals surface area contributed by atoms with Crippen molar-refractivity contribution in [1.29, 1.82) is 0 Å². The topological polar surface area (TPSA) is 65.3 Å². The Labute approximate surface area is 109 Å². The molecule has 2 aromatic heterocycles. The molecule has 5 heteroatoms. The van der Waals surface area contributed by atoms with Crippen LogP contribution in [0.3, 0.4) is 0 Å². The number of nitrogens with zero attached hydrogens (tertiary/aromatic N) is 3. The number of pyridine rings is 1. The minimum absolute atomic E-state index is 0.120. The maximum Gasteiger partial charge on any atom is 0.350 e. The minimum Gasteiger partial charge on any atom is -0.399 e. The maximum atomic E-state index is 12.1. The SMILES string of the molecule is Nc1ccccc1CCn1nc2ccccn2c1=O. The summed E-state index contributed by atoms with van der Waals surface area (Å²) >= 11 is 0. The first-order chi connectivity index (χ1) is 9.25. The zero-order valence-electron chi connectivity index (χ0n) is 10.4. The van der Waals surface area contributed by atoms with E-state index in [4.69, 9.17) is 5.73 Å². The molecule has 0 aliphatic rings. The molecule has 0 unspecified atom stereocenters. The van der Waals surface area contributed by atoms with Gasteiger partial charge < -0.3 is 5.73 Å². The van der Waals surface area contributed by atoms with Gasteiger partial charge in [0.15, 0.2) is 5.65 Å². The van der Waals surface area contributed by atoms with Crippen molar-refractivity contribution in [2.24, 2.45) is 0 Å². The van der Waals surface area contributed by atoms with Crippen LogP contribution in [0, 0.1) is 0 Å². The standard InChI is InChI=1S/C14H14N4O/c15-12-6-2-1-5-11(12)8-10-18-14(19)17-9-4-3-7-13(17)16-18/h1-7,9H,8,10,15H2. The lowest BCUT2D eigenvalue weighted by atomic mass is 10.1. The van der Waals surface area contributed by atoms with Gasteiger partial charge in [0, 0.05) is 11.9 Å². The number of para-hydroxylation sites is 1. The van der Waals surface area contributed by atoms with Crippen LogP contribution >= 0.6 is 0 Å². The van der Waals surface area contributed by atoms with Crippen LogP contribution in [0.1, 0.15) is 5.56 Å². The summed E-state index contributed by atoms with van der Waals surface area (Å²) in [5.41, 5.74) is 8.21. The van der Waals surface area contributed by atoms with Gasteiger partial charge in [-0.2, -0.15) is 0 Å². The number of nitrogen functional groups attached to an aromatic ring is 1. The van der Waals surface area contributed by atoms with Crippen molar-refractivity contribution in [3.05, 3.63) is 64.7 Å². The molecule has 2 N–H and O–H groups in total. The van der Waals surface area contributed by atoms with E-state index in [0.29, 0.717) is 18.6 Å². The zero-order chi connectivity index (χ0) is 13.2. The van der Waals surface area contributed by atoms with E-state index in [1.165, 1.54) is 9.08 Å². The first kappa shape index (κ1) is 11.5. The fourth-order valence-electron chi connectivity index (χ4n) is 2.10. The van der Waals surface area contributed by atoms with Crippen molar-refractivity contribution in [2.45, 2.75) is 13.0 Å². The molecule has 0 spiro atoms. The number of rotatable bonds is 3. The first-order valence-electron chi connectivity index (χ1n) is 6.13. The quantitative estimate of drug-likeness (QED) is 0.717. The van der Waals surface area contributed by atoms with Crippen LogP contribution in [-0.4, -0.2) is 14.2 Å². The second kappa shape index (κ2) is 4.61.